The summed E-state index contributed by atoms with van der Waals surface area (Å²) in [5.74, 6) is 0.380. The fraction of sp³-hybridized carbons (Fsp3) is 0.455. The molecule has 0 spiro atoms. The molecule has 0 bridgehead atoms. The lowest BCUT2D eigenvalue weighted by Crippen LogP contribution is -2.15. The predicted octanol–water partition coefficient (Wildman–Crippen LogP) is 4.83. The van der Waals surface area contributed by atoms with Gasteiger partial charge in [0.25, 0.3) is 0 Å². The van der Waals surface area contributed by atoms with Gasteiger partial charge in [-0.25, -0.2) is 4.79 Å². The summed E-state index contributed by atoms with van der Waals surface area (Å²) in [4.78, 5) is 25.8. The molecule has 6 heteroatoms. The van der Waals surface area contributed by atoms with Crippen LogP contribution in [0.2, 0.25) is 0 Å². The van der Waals surface area contributed by atoms with Gasteiger partial charge >= 0.3 is 5.97 Å². The molecule has 1 aliphatic rings. The van der Waals surface area contributed by atoms with Crippen molar-refractivity contribution in [3.05, 3.63) is 45.3 Å². The van der Waals surface area contributed by atoms with E-state index in [4.69, 9.17) is 9.47 Å². The molecule has 0 unspecified atom stereocenters. The van der Waals surface area contributed by atoms with E-state index in [9.17, 15) is 9.59 Å². The van der Waals surface area contributed by atoms with E-state index in [1.165, 1.54) is 28.9 Å². The Morgan fingerprint density at radius 2 is 1.96 bits per heavy atom. The van der Waals surface area contributed by atoms with Crippen LogP contribution in [0.4, 0.5) is 5.00 Å². The summed E-state index contributed by atoms with van der Waals surface area (Å²) in [5, 5.41) is 3.55. The van der Waals surface area contributed by atoms with E-state index >= 15 is 0 Å². The maximum Gasteiger partial charge on any atom is 0.341 e. The van der Waals surface area contributed by atoms with Crippen molar-refractivity contribution in [3.63, 3.8) is 0 Å². The molecule has 150 valence electrons. The Hall–Kier alpha value is -2.34. The Balaban J connectivity index is 1.56. The van der Waals surface area contributed by atoms with Crippen molar-refractivity contribution in [3.8, 4) is 5.75 Å². The van der Waals surface area contributed by atoms with Crippen LogP contribution in [0.25, 0.3) is 0 Å². The van der Waals surface area contributed by atoms with Crippen LogP contribution in [0.15, 0.2) is 18.2 Å². The van der Waals surface area contributed by atoms with Crippen LogP contribution in [0, 0.1) is 13.8 Å². The second kappa shape index (κ2) is 9.24. The Bertz CT molecular complexity index is 872. The van der Waals surface area contributed by atoms with Crippen LogP contribution in [0.5, 0.6) is 5.75 Å². The van der Waals surface area contributed by atoms with Crippen molar-refractivity contribution < 1.29 is 19.1 Å². The molecule has 1 aliphatic carbocycles. The summed E-state index contributed by atoms with van der Waals surface area (Å²) < 4.78 is 10.7. The number of aryl methyl sites for hydroxylation is 3. The first-order valence-electron chi connectivity index (χ1n) is 9.72. The molecular formula is C22H27NO4S. The highest BCUT2D eigenvalue weighted by Crippen LogP contribution is 2.38. The number of anilines is 1. The lowest BCUT2D eigenvalue weighted by molar-refractivity contribution is -0.116. The van der Waals surface area contributed by atoms with Crippen LogP contribution in [0.3, 0.4) is 0 Å². The number of nitrogens with one attached hydrogen (secondary N) is 1. The lowest BCUT2D eigenvalue weighted by atomic mass is 9.95. The van der Waals surface area contributed by atoms with Crippen molar-refractivity contribution in [2.24, 2.45) is 0 Å². The zero-order chi connectivity index (χ0) is 20.1. The molecule has 2 aromatic rings. The molecule has 0 atom stereocenters. The molecule has 1 aromatic heterocycles. The van der Waals surface area contributed by atoms with Crippen molar-refractivity contribution in [1.82, 2.24) is 0 Å². The number of rotatable bonds is 7. The zero-order valence-electron chi connectivity index (χ0n) is 16.7. The lowest BCUT2D eigenvalue weighted by Gasteiger charge is -2.12. The van der Waals surface area contributed by atoms with Crippen molar-refractivity contribution in [2.75, 3.05) is 19.0 Å². The number of carbonyl (C=O) groups excluding carboxylic acids is 2. The molecule has 0 saturated carbocycles. The highest BCUT2D eigenvalue weighted by Gasteiger charge is 2.26. The zero-order valence-corrected chi connectivity index (χ0v) is 17.5. The second-order valence-corrected chi connectivity index (χ2v) is 8.28. The second-order valence-electron chi connectivity index (χ2n) is 7.18. The molecule has 3 rings (SSSR count). The number of thiophene rings is 1. The van der Waals surface area contributed by atoms with Crippen LogP contribution < -0.4 is 10.1 Å². The third-order valence-electron chi connectivity index (χ3n) is 4.95. The van der Waals surface area contributed by atoms with Crippen LogP contribution in [-0.2, 0) is 22.4 Å². The molecule has 0 radical (unpaired) electrons. The number of fused-ring (bicyclic) bond motifs is 1. The number of benzene rings is 1. The molecule has 0 saturated heterocycles. The molecule has 1 aromatic carbocycles. The van der Waals surface area contributed by atoms with Gasteiger partial charge in [-0.1, -0.05) is 17.7 Å². The third-order valence-corrected chi connectivity index (χ3v) is 6.16. The molecule has 1 amide bonds. The quantitative estimate of drug-likeness (QED) is 0.533. The first kappa shape index (κ1) is 20.4. The highest BCUT2D eigenvalue weighted by molar-refractivity contribution is 7.17. The summed E-state index contributed by atoms with van der Waals surface area (Å²) in [7, 11) is 1.38. The molecule has 28 heavy (non-hydrogen) atoms. The van der Waals surface area contributed by atoms with Gasteiger partial charge in [0.05, 0.1) is 19.3 Å². The minimum absolute atomic E-state index is 0.104. The Morgan fingerprint density at radius 1 is 1.18 bits per heavy atom. The van der Waals surface area contributed by atoms with Gasteiger partial charge < -0.3 is 14.8 Å². The fourth-order valence-corrected chi connectivity index (χ4v) is 4.83. The van der Waals surface area contributed by atoms with Gasteiger partial charge in [-0.2, -0.15) is 0 Å². The maximum absolute atomic E-state index is 12.4. The summed E-state index contributed by atoms with van der Waals surface area (Å²) in [6.07, 6.45) is 4.97. The normalized spacial score (nSPS) is 13.0. The van der Waals surface area contributed by atoms with E-state index < -0.39 is 0 Å². The Kier molecular flexibility index (Phi) is 6.73. The summed E-state index contributed by atoms with van der Waals surface area (Å²) in [6.45, 7) is 4.54. The number of ether oxygens (including phenoxy) is 2. The molecule has 5 nitrogen and oxygen atoms in total. The van der Waals surface area contributed by atoms with E-state index in [-0.39, 0.29) is 11.9 Å². The standard InChI is InChI=1S/C22H27NO4S/c1-14-10-11-17(15(2)13-14)27-12-6-9-19(24)23-21-20(22(25)26-3)16-7-4-5-8-18(16)28-21/h10-11,13H,4-9,12H2,1-3H3,(H,23,24). The number of methoxy groups -OCH3 is 1. The van der Waals surface area contributed by atoms with Gasteiger partial charge in [-0.3, -0.25) is 4.79 Å². The van der Waals surface area contributed by atoms with Crippen LogP contribution >= 0.6 is 11.3 Å². The molecule has 1 heterocycles. The first-order valence-corrected chi connectivity index (χ1v) is 10.5. The van der Waals surface area contributed by atoms with Crippen molar-refractivity contribution in [2.45, 2.75) is 52.4 Å². The van der Waals surface area contributed by atoms with Gasteiger partial charge in [0.2, 0.25) is 5.91 Å². The van der Waals surface area contributed by atoms with Gasteiger partial charge in [0, 0.05) is 11.3 Å². The van der Waals surface area contributed by atoms with E-state index in [1.54, 1.807) is 0 Å². The summed E-state index contributed by atoms with van der Waals surface area (Å²) in [6, 6.07) is 6.06. The SMILES string of the molecule is COC(=O)c1c(NC(=O)CCCOc2ccc(C)cc2C)sc2c1CCCC2. The van der Waals surface area contributed by atoms with Crippen molar-refractivity contribution in [1.29, 1.82) is 0 Å². The third kappa shape index (κ3) is 4.73. The molecular weight excluding hydrogens is 374 g/mol. The smallest absolute Gasteiger partial charge is 0.341 e. The number of esters is 1. The number of amides is 1. The predicted molar refractivity (Wildman–Crippen MR) is 112 cm³/mol. The topological polar surface area (TPSA) is 64.6 Å². The minimum atomic E-state index is -0.368. The minimum Gasteiger partial charge on any atom is -0.493 e. The molecule has 0 aliphatic heterocycles. The fourth-order valence-electron chi connectivity index (χ4n) is 3.54. The van der Waals surface area contributed by atoms with Gasteiger partial charge in [0.1, 0.15) is 10.8 Å². The van der Waals surface area contributed by atoms with E-state index in [0.717, 1.165) is 42.6 Å². The average Bonchev–Trinajstić information content (AvgIpc) is 3.03. The Labute approximate surface area is 170 Å². The van der Waals surface area contributed by atoms with E-state index in [1.807, 2.05) is 26.0 Å². The van der Waals surface area contributed by atoms with E-state index in [2.05, 4.69) is 11.4 Å². The largest absolute Gasteiger partial charge is 0.493 e. The van der Waals surface area contributed by atoms with E-state index in [0.29, 0.717) is 30.0 Å². The Morgan fingerprint density at radius 3 is 2.71 bits per heavy atom. The van der Waals surface area contributed by atoms with Gasteiger partial charge in [-0.15, -0.1) is 11.3 Å². The maximum atomic E-state index is 12.4. The number of carbonyl (C=O) groups is 2. The monoisotopic (exact) mass is 401 g/mol. The van der Waals surface area contributed by atoms with Crippen molar-refractivity contribution >= 4 is 28.2 Å². The van der Waals surface area contributed by atoms with Crippen LogP contribution in [-0.4, -0.2) is 25.6 Å². The first-order chi connectivity index (χ1) is 13.5. The highest BCUT2D eigenvalue weighted by atomic mass is 32.1. The van der Waals surface area contributed by atoms with Gasteiger partial charge in [0.15, 0.2) is 0 Å². The average molecular weight is 402 g/mol. The van der Waals surface area contributed by atoms with Gasteiger partial charge in [-0.05, 0) is 63.1 Å². The molecule has 0 fully saturated rings. The van der Waals surface area contributed by atoms with Crippen LogP contribution in [0.1, 0.15) is 57.6 Å². The molecule has 1 N–H and O–H groups in total. The summed E-state index contributed by atoms with van der Waals surface area (Å²) >= 11 is 1.51. The number of hydrogen-bond donors (Lipinski definition) is 1. The summed E-state index contributed by atoms with van der Waals surface area (Å²) in [5.41, 5.74) is 3.89. The number of hydrogen-bond acceptors (Lipinski definition) is 5.